The Balaban J connectivity index is 1.84. The number of hydrogen-bond acceptors (Lipinski definition) is 1. The fraction of sp³-hybridized carbons (Fsp3) is 0.389. The van der Waals surface area contributed by atoms with Crippen molar-refractivity contribution in [3.05, 3.63) is 47.5 Å². The lowest BCUT2D eigenvalue weighted by Crippen LogP contribution is -2.26. The summed E-state index contributed by atoms with van der Waals surface area (Å²) in [5.41, 5.74) is 2.73. The van der Waals surface area contributed by atoms with Crippen molar-refractivity contribution >= 4 is 17.2 Å². The van der Waals surface area contributed by atoms with Gasteiger partial charge in [0.25, 0.3) is 0 Å². The summed E-state index contributed by atoms with van der Waals surface area (Å²) in [6.45, 7) is 3.02. The molecule has 1 aliphatic rings. The number of nitrogens with zero attached hydrogens (tertiary/aromatic N) is 1. The van der Waals surface area contributed by atoms with Crippen LogP contribution in [0.4, 0.5) is 0 Å². The molecule has 0 saturated heterocycles. The van der Waals surface area contributed by atoms with Gasteiger partial charge in [0.1, 0.15) is 0 Å². The smallest absolute Gasteiger partial charge is 0.209 e. The van der Waals surface area contributed by atoms with Crippen LogP contribution in [-0.2, 0) is 17.6 Å². The van der Waals surface area contributed by atoms with E-state index in [0.29, 0.717) is 6.04 Å². The molecule has 20 heavy (non-hydrogen) atoms. The van der Waals surface area contributed by atoms with Crippen LogP contribution < -0.4 is 0 Å². The van der Waals surface area contributed by atoms with Gasteiger partial charge in [-0.15, -0.1) is 0 Å². The van der Waals surface area contributed by atoms with Crippen LogP contribution in [0, 0.1) is 0 Å². The Bertz CT molecular complexity index is 616. The van der Waals surface area contributed by atoms with Gasteiger partial charge in [-0.05, 0) is 47.6 Å². The van der Waals surface area contributed by atoms with Crippen molar-refractivity contribution < 1.29 is 4.79 Å². The van der Waals surface area contributed by atoms with Gasteiger partial charge in [0.15, 0.2) is 0 Å². The highest BCUT2D eigenvalue weighted by Gasteiger charge is 2.27. The molecule has 0 aromatic heterocycles. The minimum atomic E-state index is 0.508. The Labute approximate surface area is 120 Å². The molecule has 0 atom stereocenters. The van der Waals surface area contributed by atoms with E-state index in [1.165, 1.54) is 34.7 Å². The Hall–Kier alpha value is -1.83. The summed E-state index contributed by atoms with van der Waals surface area (Å²) in [6, 6.07) is 13.7. The number of rotatable bonds is 6. The summed E-state index contributed by atoms with van der Waals surface area (Å²) in [7, 11) is 0. The van der Waals surface area contributed by atoms with Gasteiger partial charge in [-0.1, -0.05) is 43.3 Å². The molecule has 0 aliphatic heterocycles. The molecule has 1 fully saturated rings. The van der Waals surface area contributed by atoms with Crippen LogP contribution in [0.1, 0.15) is 30.9 Å². The second-order valence-corrected chi connectivity index (χ2v) is 5.65. The maximum absolute atomic E-state index is 11.1. The van der Waals surface area contributed by atoms with Gasteiger partial charge in [-0.2, -0.15) is 0 Å². The van der Waals surface area contributed by atoms with Crippen molar-refractivity contribution in [1.82, 2.24) is 4.90 Å². The molecule has 0 radical (unpaired) electrons. The predicted octanol–water partition coefficient (Wildman–Crippen LogP) is 3.57. The lowest BCUT2D eigenvalue weighted by molar-refractivity contribution is -0.118. The number of benzene rings is 2. The maximum Gasteiger partial charge on any atom is 0.209 e. The van der Waals surface area contributed by atoms with Crippen molar-refractivity contribution in [3.8, 4) is 0 Å². The average molecular weight is 267 g/mol. The highest BCUT2D eigenvalue weighted by Crippen LogP contribution is 2.26. The second-order valence-electron chi connectivity index (χ2n) is 5.65. The molecule has 0 bridgehead atoms. The van der Waals surface area contributed by atoms with Crippen molar-refractivity contribution in [2.24, 2.45) is 0 Å². The average Bonchev–Trinajstić information content (AvgIpc) is 3.32. The lowest BCUT2D eigenvalue weighted by Gasteiger charge is -2.17. The molecule has 0 unspecified atom stereocenters. The van der Waals surface area contributed by atoms with Gasteiger partial charge in [0.05, 0.1) is 0 Å². The molecule has 2 heteroatoms. The molecule has 2 aromatic carbocycles. The molecular weight excluding hydrogens is 246 g/mol. The zero-order valence-electron chi connectivity index (χ0n) is 12.0. The fourth-order valence-corrected chi connectivity index (χ4v) is 2.80. The van der Waals surface area contributed by atoms with Crippen molar-refractivity contribution in [2.45, 2.75) is 38.6 Å². The van der Waals surface area contributed by atoms with Gasteiger partial charge in [0.2, 0.25) is 6.41 Å². The first-order valence-corrected chi connectivity index (χ1v) is 7.53. The van der Waals surface area contributed by atoms with Crippen LogP contribution in [-0.4, -0.2) is 23.9 Å². The third-order valence-corrected chi connectivity index (χ3v) is 4.24. The van der Waals surface area contributed by atoms with E-state index in [1.807, 2.05) is 4.90 Å². The first-order chi connectivity index (χ1) is 9.81. The van der Waals surface area contributed by atoms with Gasteiger partial charge in [-0.3, -0.25) is 4.79 Å². The molecule has 0 N–H and O–H groups in total. The van der Waals surface area contributed by atoms with E-state index in [4.69, 9.17) is 0 Å². The topological polar surface area (TPSA) is 20.3 Å². The van der Waals surface area contributed by atoms with Gasteiger partial charge >= 0.3 is 0 Å². The number of fused-ring (bicyclic) bond motifs is 1. The van der Waals surface area contributed by atoms with Crippen molar-refractivity contribution in [3.63, 3.8) is 0 Å². The highest BCUT2D eigenvalue weighted by atomic mass is 16.1. The van der Waals surface area contributed by atoms with E-state index >= 15 is 0 Å². The quantitative estimate of drug-likeness (QED) is 0.733. The summed E-state index contributed by atoms with van der Waals surface area (Å²) in [4.78, 5) is 13.1. The monoisotopic (exact) mass is 267 g/mol. The zero-order valence-corrected chi connectivity index (χ0v) is 12.0. The largest absolute Gasteiger partial charge is 0.342 e. The molecule has 1 aliphatic carbocycles. The molecular formula is C18H21NO. The van der Waals surface area contributed by atoms with Crippen LogP contribution in [0.25, 0.3) is 10.8 Å². The lowest BCUT2D eigenvalue weighted by atomic mass is 9.99. The molecule has 2 nitrogen and oxygen atoms in total. The Morgan fingerprint density at radius 2 is 2.10 bits per heavy atom. The first kappa shape index (κ1) is 13.2. The highest BCUT2D eigenvalue weighted by molar-refractivity contribution is 5.86. The van der Waals surface area contributed by atoms with Crippen molar-refractivity contribution in [2.75, 3.05) is 6.54 Å². The SMILES string of the molecule is CCc1ccc2cccc(CCN(C=O)C3CC3)c2c1. The van der Waals surface area contributed by atoms with E-state index in [1.54, 1.807) is 0 Å². The Morgan fingerprint density at radius 1 is 1.25 bits per heavy atom. The van der Waals surface area contributed by atoms with Gasteiger partial charge in [0, 0.05) is 12.6 Å². The number of hydrogen-bond donors (Lipinski definition) is 0. The minimum Gasteiger partial charge on any atom is -0.342 e. The minimum absolute atomic E-state index is 0.508. The van der Waals surface area contributed by atoms with E-state index in [-0.39, 0.29) is 0 Å². The fourth-order valence-electron chi connectivity index (χ4n) is 2.80. The van der Waals surface area contributed by atoms with Gasteiger partial charge < -0.3 is 4.90 Å². The van der Waals surface area contributed by atoms with Crippen LogP contribution in [0.15, 0.2) is 36.4 Å². The number of aryl methyl sites for hydroxylation is 1. The summed E-state index contributed by atoms with van der Waals surface area (Å²) >= 11 is 0. The molecule has 0 heterocycles. The Kier molecular flexibility index (Phi) is 3.72. The number of carbonyl (C=O) groups is 1. The third kappa shape index (κ3) is 2.69. The van der Waals surface area contributed by atoms with Crippen molar-refractivity contribution in [1.29, 1.82) is 0 Å². The van der Waals surface area contributed by atoms with Gasteiger partial charge in [-0.25, -0.2) is 0 Å². The first-order valence-electron chi connectivity index (χ1n) is 7.53. The summed E-state index contributed by atoms with van der Waals surface area (Å²) in [5.74, 6) is 0. The molecule has 3 rings (SSSR count). The number of amides is 1. The van der Waals surface area contributed by atoms with Crippen LogP contribution >= 0.6 is 0 Å². The van der Waals surface area contributed by atoms with E-state index in [0.717, 1.165) is 25.8 Å². The molecule has 1 saturated carbocycles. The van der Waals surface area contributed by atoms with E-state index in [9.17, 15) is 4.79 Å². The van der Waals surface area contributed by atoms with Crippen LogP contribution in [0.2, 0.25) is 0 Å². The maximum atomic E-state index is 11.1. The molecule has 1 amide bonds. The molecule has 2 aromatic rings. The number of carbonyl (C=O) groups excluding carboxylic acids is 1. The third-order valence-electron chi connectivity index (χ3n) is 4.24. The summed E-state index contributed by atoms with van der Waals surface area (Å²) in [5, 5.41) is 2.64. The van der Waals surface area contributed by atoms with Crippen LogP contribution in [0.5, 0.6) is 0 Å². The zero-order chi connectivity index (χ0) is 13.9. The second kappa shape index (κ2) is 5.66. The normalized spacial score (nSPS) is 14.4. The predicted molar refractivity (Wildman–Crippen MR) is 82.8 cm³/mol. The van der Waals surface area contributed by atoms with E-state index in [2.05, 4.69) is 43.3 Å². The molecule has 0 spiro atoms. The standard InChI is InChI=1S/C18H21NO/c1-2-14-6-7-15-4-3-5-16(18(15)12-14)10-11-19(13-20)17-8-9-17/h3-7,12-13,17H,2,8-11H2,1H3. The summed E-state index contributed by atoms with van der Waals surface area (Å²) in [6.07, 6.45) is 5.37. The summed E-state index contributed by atoms with van der Waals surface area (Å²) < 4.78 is 0. The van der Waals surface area contributed by atoms with E-state index < -0.39 is 0 Å². The van der Waals surface area contributed by atoms with Crippen LogP contribution in [0.3, 0.4) is 0 Å². The Morgan fingerprint density at radius 3 is 2.80 bits per heavy atom. The molecule has 104 valence electrons.